The van der Waals surface area contributed by atoms with E-state index in [4.69, 9.17) is 9.15 Å². The van der Waals surface area contributed by atoms with Gasteiger partial charge in [-0.15, -0.1) is 0 Å². The monoisotopic (exact) mass is 277 g/mol. The number of methoxy groups -OCH3 is 1. The maximum absolute atomic E-state index is 12.1. The van der Waals surface area contributed by atoms with Crippen LogP contribution in [0.4, 0.5) is 0 Å². The minimum Gasteiger partial charge on any atom is -0.469 e. The molecule has 0 radical (unpaired) electrons. The molecule has 7 heteroatoms. The Labute approximate surface area is 115 Å². The lowest BCUT2D eigenvalue weighted by atomic mass is 10.1. The zero-order valence-electron chi connectivity index (χ0n) is 11.2. The van der Waals surface area contributed by atoms with Gasteiger partial charge in [-0.1, -0.05) is 0 Å². The first kappa shape index (κ1) is 13.9. The number of carbonyl (C=O) groups is 2. The molecule has 0 aliphatic carbocycles. The largest absolute Gasteiger partial charge is 0.469 e. The van der Waals surface area contributed by atoms with Crippen molar-refractivity contribution in [3.05, 3.63) is 41.9 Å². The molecular formula is C13H15N3O4. The van der Waals surface area contributed by atoms with Crippen molar-refractivity contribution in [2.45, 2.75) is 19.4 Å². The van der Waals surface area contributed by atoms with Crippen LogP contribution in [-0.4, -0.2) is 35.0 Å². The second kappa shape index (κ2) is 6.05. The highest BCUT2D eigenvalue weighted by Crippen LogP contribution is 2.09. The highest BCUT2D eigenvalue weighted by Gasteiger charge is 2.24. The van der Waals surface area contributed by atoms with Gasteiger partial charge in [-0.25, -0.2) is 9.78 Å². The Bertz CT molecular complexity index is 589. The van der Waals surface area contributed by atoms with Gasteiger partial charge in [0, 0.05) is 18.3 Å². The van der Waals surface area contributed by atoms with Crippen molar-refractivity contribution in [2.24, 2.45) is 0 Å². The molecule has 2 heterocycles. The predicted molar refractivity (Wildman–Crippen MR) is 69.0 cm³/mol. The van der Waals surface area contributed by atoms with Crippen LogP contribution in [-0.2, 0) is 16.0 Å². The van der Waals surface area contributed by atoms with Crippen LogP contribution in [0.5, 0.6) is 0 Å². The van der Waals surface area contributed by atoms with Gasteiger partial charge in [-0.05, 0) is 13.0 Å². The summed E-state index contributed by atoms with van der Waals surface area (Å²) in [4.78, 5) is 30.6. The molecule has 0 fully saturated rings. The minimum atomic E-state index is -0.790. The van der Waals surface area contributed by atoms with E-state index >= 15 is 0 Å². The number of aromatic nitrogens is 2. The van der Waals surface area contributed by atoms with Gasteiger partial charge in [0.05, 0.1) is 25.3 Å². The normalized spacial score (nSPS) is 11.9. The van der Waals surface area contributed by atoms with Gasteiger partial charge in [0.15, 0.2) is 0 Å². The minimum absolute atomic E-state index is 0.273. The quantitative estimate of drug-likeness (QED) is 0.789. The SMILES string of the molecule is COC(=O)[C@H](Cc1cnc[nH]1)NC(=O)c1ccoc1C. The van der Waals surface area contributed by atoms with Crippen molar-refractivity contribution >= 4 is 11.9 Å². The van der Waals surface area contributed by atoms with Gasteiger partial charge in [0.1, 0.15) is 11.8 Å². The molecular weight excluding hydrogens is 262 g/mol. The van der Waals surface area contributed by atoms with Crippen LogP contribution in [0.15, 0.2) is 29.3 Å². The Kier molecular flexibility index (Phi) is 4.19. The van der Waals surface area contributed by atoms with Crippen molar-refractivity contribution in [1.82, 2.24) is 15.3 Å². The summed E-state index contributed by atoms with van der Waals surface area (Å²) in [5.74, 6) is -0.409. The van der Waals surface area contributed by atoms with Crippen molar-refractivity contribution < 1.29 is 18.7 Å². The summed E-state index contributed by atoms with van der Waals surface area (Å²) in [5, 5.41) is 2.63. The highest BCUT2D eigenvalue weighted by atomic mass is 16.5. The Morgan fingerprint density at radius 2 is 2.35 bits per heavy atom. The standard InChI is InChI=1S/C13H15N3O4/c1-8-10(3-4-20-8)12(17)16-11(13(18)19-2)5-9-6-14-7-15-9/h3-4,6-7,11H,5H2,1-2H3,(H,14,15)(H,16,17)/t11-/m0/s1. The van der Waals surface area contributed by atoms with E-state index in [0.29, 0.717) is 11.3 Å². The number of esters is 1. The van der Waals surface area contributed by atoms with Crippen LogP contribution in [0, 0.1) is 6.92 Å². The maximum Gasteiger partial charge on any atom is 0.328 e. The molecule has 0 bridgehead atoms. The zero-order chi connectivity index (χ0) is 14.5. The van der Waals surface area contributed by atoms with E-state index in [9.17, 15) is 9.59 Å². The summed E-state index contributed by atoms with van der Waals surface area (Å²) in [5.41, 5.74) is 1.12. The average molecular weight is 277 g/mol. The molecule has 0 saturated heterocycles. The van der Waals surface area contributed by atoms with Gasteiger partial charge in [-0.2, -0.15) is 0 Å². The molecule has 0 spiro atoms. The van der Waals surface area contributed by atoms with E-state index in [0.717, 1.165) is 5.69 Å². The van der Waals surface area contributed by atoms with E-state index in [1.165, 1.54) is 19.7 Å². The number of aromatic amines is 1. The Morgan fingerprint density at radius 1 is 1.55 bits per heavy atom. The lowest BCUT2D eigenvalue weighted by molar-refractivity contribution is -0.142. The van der Waals surface area contributed by atoms with Gasteiger partial charge in [0.25, 0.3) is 5.91 Å². The first-order valence-electron chi connectivity index (χ1n) is 6.02. The Hall–Kier alpha value is -2.57. The van der Waals surface area contributed by atoms with E-state index in [1.54, 1.807) is 19.2 Å². The van der Waals surface area contributed by atoms with Crippen molar-refractivity contribution in [3.8, 4) is 0 Å². The fraction of sp³-hybridized carbons (Fsp3) is 0.308. The van der Waals surface area contributed by atoms with Gasteiger partial charge in [0.2, 0.25) is 0 Å². The fourth-order valence-corrected chi connectivity index (χ4v) is 1.81. The van der Waals surface area contributed by atoms with Crippen LogP contribution in [0.25, 0.3) is 0 Å². The first-order chi connectivity index (χ1) is 9.61. The Morgan fingerprint density at radius 3 is 2.90 bits per heavy atom. The molecule has 0 aliphatic heterocycles. The van der Waals surface area contributed by atoms with E-state index in [-0.39, 0.29) is 12.3 Å². The summed E-state index contributed by atoms with van der Waals surface area (Å²) in [7, 11) is 1.28. The van der Waals surface area contributed by atoms with Crippen LogP contribution in [0.3, 0.4) is 0 Å². The predicted octanol–water partition coefficient (Wildman–Crippen LogP) is 0.825. The molecule has 0 saturated carbocycles. The number of nitrogens with one attached hydrogen (secondary N) is 2. The molecule has 0 aliphatic rings. The van der Waals surface area contributed by atoms with Gasteiger partial charge in [-0.3, -0.25) is 4.79 Å². The van der Waals surface area contributed by atoms with Crippen molar-refractivity contribution in [1.29, 1.82) is 0 Å². The number of amides is 1. The van der Waals surface area contributed by atoms with Crippen LogP contribution in [0.1, 0.15) is 21.8 Å². The third-order valence-corrected chi connectivity index (χ3v) is 2.87. The second-order valence-corrected chi connectivity index (χ2v) is 4.22. The molecule has 2 aromatic heterocycles. The Balaban J connectivity index is 2.10. The van der Waals surface area contributed by atoms with E-state index in [1.807, 2.05) is 0 Å². The van der Waals surface area contributed by atoms with Crippen LogP contribution >= 0.6 is 0 Å². The number of hydrogen-bond acceptors (Lipinski definition) is 5. The molecule has 20 heavy (non-hydrogen) atoms. The number of aryl methyl sites for hydroxylation is 1. The fourth-order valence-electron chi connectivity index (χ4n) is 1.81. The number of imidazole rings is 1. The molecule has 1 amide bonds. The second-order valence-electron chi connectivity index (χ2n) is 4.22. The topological polar surface area (TPSA) is 97.2 Å². The average Bonchev–Trinajstić information content (AvgIpc) is 3.08. The number of carbonyl (C=O) groups excluding carboxylic acids is 2. The number of H-pyrrole nitrogens is 1. The number of furan rings is 1. The summed E-state index contributed by atoms with van der Waals surface area (Å²) in [6.45, 7) is 1.68. The molecule has 0 aromatic carbocycles. The summed E-state index contributed by atoms with van der Waals surface area (Å²) in [6, 6.07) is 0.761. The maximum atomic E-state index is 12.1. The van der Waals surface area contributed by atoms with Crippen molar-refractivity contribution in [3.63, 3.8) is 0 Å². The van der Waals surface area contributed by atoms with Crippen LogP contribution < -0.4 is 5.32 Å². The summed E-state index contributed by atoms with van der Waals surface area (Å²) < 4.78 is 9.76. The summed E-state index contributed by atoms with van der Waals surface area (Å²) in [6.07, 6.45) is 4.79. The third-order valence-electron chi connectivity index (χ3n) is 2.87. The highest BCUT2D eigenvalue weighted by molar-refractivity contribution is 5.97. The lowest BCUT2D eigenvalue weighted by Crippen LogP contribution is -2.43. The molecule has 2 rings (SSSR count). The number of ether oxygens (including phenoxy) is 1. The van der Waals surface area contributed by atoms with Gasteiger partial charge >= 0.3 is 5.97 Å². The molecule has 0 unspecified atom stereocenters. The third kappa shape index (κ3) is 3.05. The number of rotatable bonds is 5. The smallest absolute Gasteiger partial charge is 0.328 e. The zero-order valence-corrected chi connectivity index (χ0v) is 11.2. The molecule has 7 nitrogen and oxygen atoms in total. The first-order valence-corrected chi connectivity index (χ1v) is 6.02. The van der Waals surface area contributed by atoms with Crippen LogP contribution in [0.2, 0.25) is 0 Å². The van der Waals surface area contributed by atoms with E-state index < -0.39 is 12.0 Å². The number of hydrogen-bond donors (Lipinski definition) is 2. The van der Waals surface area contributed by atoms with Gasteiger partial charge < -0.3 is 19.5 Å². The molecule has 1 atom stereocenters. The van der Waals surface area contributed by atoms with Crippen molar-refractivity contribution in [2.75, 3.05) is 7.11 Å². The number of nitrogens with zero attached hydrogens (tertiary/aromatic N) is 1. The molecule has 2 aromatic rings. The summed E-state index contributed by atoms with van der Waals surface area (Å²) >= 11 is 0. The lowest BCUT2D eigenvalue weighted by Gasteiger charge is -2.15. The molecule has 106 valence electrons. The van der Waals surface area contributed by atoms with E-state index in [2.05, 4.69) is 15.3 Å². The molecule has 2 N–H and O–H groups in total.